The smallest absolute Gasteiger partial charge is 0.249 e. The number of benzene rings is 1. The minimum atomic E-state index is 0.409. The molecule has 3 aromatic heterocycles. The van der Waals surface area contributed by atoms with E-state index >= 15 is 0 Å². The van der Waals surface area contributed by atoms with Gasteiger partial charge in [0.05, 0.1) is 29.1 Å². The van der Waals surface area contributed by atoms with Crippen LogP contribution in [0.2, 0.25) is 5.02 Å². The van der Waals surface area contributed by atoms with Gasteiger partial charge in [0.25, 0.3) is 0 Å². The zero-order valence-electron chi connectivity index (χ0n) is 17.6. The van der Waals surface area contributed by atoms with Gasteiger partial charge in [-0.25, -0.2) is 0 Å². The third-order valence-corrected chi connectivity index (χ3v) is 6.83. The van der Waals surface area contributed by atoms with E-state index < -0.39 is 0 Å². The molecule has 166 valence electrons. The standard InChI is InChI=1S/C22H23ClN6O2S/c1-15-8-10-28(11-9-15)21-26-27-22(29(21)13-16-5-4-12-30-16)32-14-19-24-25-20(31-19)17-6-2-3-7-18(17)23/h2-7,12,15H,8-11,13-14H2,1H3. The average Bonchev–Trinajstić information content (AvgIpc) is 3.56. The number of anilines is 1. The molecule has 1 aliphatic rings. The predicted molar refractivity (Wildman–Crippen MR) is 123 cm³/mol. The van der Waals surface area contributed by atoms with Gasteiger partial charge in [-0.2, -0.15) is 0 Å². The molecule has 0 unspecified atom stereocenters. The maximum atomic E-state index is 6.25. The predicted octanol–water partition coefficient (Wildman–Crippen LogP) is 5.15. The number of halogens is 1. The molecule has 0 N–H and O–H groups in total. The number of nitrogens with zero attached hydrogens (tertiary/aromatic N) is 6. The Hall–Kier alpha value is -2.78. The van der Waals surface area contributed by atoms with Gasteiger partial charge in [-0.15, -0.1) is 20.4 Å². The van der Waals surface area contributed by atoms with Crippen LogP contribution >= 0.6 is 23.4 Å². The van der Waals surface area contributed by atoms with Crippen LogP contribution in [0.1, 0.15) is 31.4 Å². The van der Waals surface area contributed by atoms with Crippen molar-refractivity contribution in [1.29, 1.82) is 0 Å². The highest BCUT2D eigenvalue weighted by Gasteiger charge is 2.24. The first-order valence-electron chi connectivity index (χ1n) is 10.6. The zero-order chi connectivity index (χ0) is 21.9. The Labute approximate surface area is 195 Å². The van der Waals surface area contributed by atoms with Crippen molar-refractivity contribution in [1.82, 2.24) is 25.0 Å². The minimum absolute atomic E-state index is 0.409. The highest BCUT2D eigenvalue weighted by Crippen LogP contribution is 2.30. The summed E-state index contributed by atoms with van der Waals surface area (Å²) in [5.74, 6) is 3.86. The van der Waals surface area contributed by atoms with Crippen LogP contribution in [0.5, 0.6) is 0 Å². The fraction of sp³-hybridized carbons (Fsp3) is 0.364. The van der Waals surface area contributed by atoms with Crippen LogP contribution in [0.25, 0.3) is 11.5 Å². The van der Waals surface area contributed by atoms with E-state index in [-0.39, 0.29) is 0 Å². The summed E-state index contributed by atoms with van der Waals surface area (Å²) < 4.78 is 13.5. The Morgan fingerprint density at radius 3 is 2.69 bits per heavy atom. The summed E-state index contributed by atoms with van der Waals surface area (Å²) in [4.78, 5) is 2.31. The lowest BCUT2D eigenvalue weighted by atomic mass is 10.00. The van der Waals surface area contributed by atoms with E-state index in [1.807, 2.05) is 30.3 Å². The summed E-state index contributed by atoms with van der Waals surface area (Å²) in [5.41, 5.74) is 0.723. The number of thioether (sulfide) groups is 1. The van der Waals surface area contributed by atoms with E-state index in [1.54, 1.807) is 12.3 Å². The fourth-order valence-corrected chi connectivity index (χ4v) is 4.70. The van der Waals surface area contributed by atoms with Crippen molar-refractivity contribution in [3.8, 4) is 11.5 Å². The Morgan fingerprint density at radius 2 is 1.91 bits per heavy atom. The molecule has 10 heteroatoms. The van der Waals surface area contributed by atoms with Gasteiger partial charge in [-0.3, -0.25) is 4.57 Å². The van der Waals surface area contributed by atoms with Gasteiger partial charge >= 0.3 is 0 Å². The number of aromatic nitrogens is 5. The summed E-state index contributed by atoms with van der Waals surface area (Å²) in [6.07, 6.45) is 4.00. The minimum Gasteiger partial charge on any atom is -0.467 e. The summed E-state index contributed by atoms with van der Waals surface area (Å²) >= 11 is 7.76. The van der Waals surface area contributed by atoms with E-state index in [9.17, 15) is 0 Å². The molecule has 0 atom stereocenters. The molecule has 0 bridgehead atoms. The molecule has 0 amide bonds. The first-order valence-corrected chi connectivity index (χ1v) is 11.9. The van der Waals surface area contributed by atoms with E-state index in [1.165, 1.54) is 11.8 Å². The highest BCUT2D eigenvalue weighted by atomic mass is 35.5. The summed E-state index contributed by atoms with van der Waals surface area (Å²) in [6, 6.07) is 11.3. The van der Waals surface area contributed by atoms with Crippen LogP contribution in [0.15, 0.2) is 56.7 Å². The first kappa shape index (κ1) is 21.1. The molecule has 4 heterocycles. The lowest BCUT2D eigenvalue weighted by Gasteiger charge is -2.31. The topological polar surface area (TPSA) is 86.0 Å². The van der Waals surface area contributed by atoms with Gasteiger partial charge < -0.3 is 13.7 Å². The average molecular weight is 471 g/mol. The lowest BCUT2D eigenvalue weighted by Crippen LogP contribution is -2.35. The van der Waals surface area contributed by atoms with Gasteiger partial charge in [-0.1, -0.05) is 42.4 Å². The van der Waals surface area contributed by atoms with Crippen LogP contribution in [-0.2, 0) is 12.3 Å². The van der Waals surface area contributed by atoms with Crippen molar-refractivity contribution < 1.29 is 8.83 Å². The third-order valence-electron chi connectivity index (χ3n) is 5.55. The molecular weight excluding hydrogens is 448 g/mol. The summed E-state index contributed by atoms with van der Waals surface area (Å²) in [7, 11) is 0. The van der Waals surface area contributed by atoms with Crippen molar-refractivity contribution in [2.24, 2.45) is 5.92 Å². The van der Waals surface area contributed by atoms with Crippen molar-refractivity contribution in [2.45, 2.75) is 37.2 Å². The molecule has 1 aliphatic heterocycles. The van der Waals surface area contributed by atoms with Crippen LogP contribution in [0.3, 0.4) is 0 Å². The molecule has 32 heavy (non-hydrogen) atoms. The number of piperidine rings is 1. The van der Waals surface area contributed by atoms with Gasteiger partial charge in [-0.05, 0) is 43.0 Å². The first-order chi connectivity index (χ1) is 15.7. The maximum absolute atomic E-state index is 6.25. The third kappa shape index (κ3) is 4.54. The quantitative estimate of drug-likeness (QED) is 0.343. The summed E-state index contributed by atoms with van der Waals surface area (Å²) in [5, 5.41) is 18.7. The van der Waals surface area contributed by atoms with Crippen molar-refractivity contribution in [2.75, 3.05) is 18.0 Å². The van der Waals surface area contributed by atoms with Crippen LogP contribution in [0, 0.1) is 5.92 Å². The van der Waals surface area contributed by atoms with Crippen LogP contribution in [-0.4, -0.2) is 38.1 Å². The Kier molecular flexibility index (Phi) is 6.18. The molecular formula is C22H23ClN6O2S. The molecule has 0 aliphatic carbocycles. The van der Waals surface area contributed by atoms with Gasteiger partial charge in [0, 0.05) is 13.1 Å². The molecule has 1 saturated heterocycles. The molecule has 5 rings (SSSR count). The molecule has 0 spiro atoms. The lowest BCUT2D eigenvalue weighted by molar-refractivity contribution is 0.427. The number of furan rings is 1. The van der Waals surface area contributed by atoms with E-state index in [4.69, 9.17) is 20.4 Å². The van der Waals surface area contributed by atoms with Crippen molar-refractivity contribution >= 4 is 29.3 Å². The molecule has 4 aromatic rings. The second kappa shape index (κ2) is 9.38. The van der Waals surface area contributed by atoms with E-state index in [2.05, 4.69) is 36.8 Å². The Balaban J connectivity index is 1.35. The number of hydrogen-bond donors (Lipinski definition) is 0. The number of rotatable bonds is 7. The normalized spacial score (nSPS) is 14.9. The van der Waals surface area contributed by atoms with Crippen molar-refractivity contribution in [3.63, 3.8) is 0 Å². The Bertz CT molecular complexity index is 1170. The fourth-order valence-electron chi connectivity index (χ4n) is 3.71. The number of hydrogen-bond acceptors (Lipinski definition) is 8. The second-order valence-electron chi connectivity index (χ2n) is 7.89. The molecule has 1 aromatic carbocycles. The SMILES string of the molecule is CC1CCN(c2nnc(SCc3nnc(-c4ccccc4Cl)o3)n2Cc2ccco2)CC1. The van der Waals surface area contributed by atoms with Gasteiger partial charge in [0.15, 0.2) is 5.16 Å². The largest absolute Gasteiger partial charge is 0.467 e. The molecule has 8 nitrogen and oxygen atoms in total. The Morgan fingerprint density at radius 1 is 1.06 bits per heavy atom. The van der Waals surface area contributed by atoms with Gasteiger partial charge in [0.2, 0.25) is 17.7 Å². The molecule has 0 radical (unpaired) electrons. The maximum Gasteiger partial charge on any atom is 0.249 e. The monoisotopic (exact) mass is 470 g/mol. The van der Waals surface area contributed by atoms with Gasteiger partial charge in [0.1, 0.15) is 5.76 Å². The van der Waals surface area contributed by atoms with Crippen molar-refractivity contribution in [3.05, 3.63) is 59.3 Å². The van der Waals surface area contributed by atoms with Crippen LogP contribution in [0.4, 0.5) is 5.95 Å². The molecule has 0 saturated carbocycles. The van der Waals surface area contributed by atoms with Crippen LogP contribution < -0.4 is 4.90 Å². The van der Waals surface area contributed by atoms with E-state index in [0.717, 1.165) is 54.3 Å². The highest BCUT2D eigenvalue weighted by molar-refractivity contribution is 7.98. The second-order valence-corrected chi connectivity index (χ2v) is 9.24. The van der Waals surface area contributed by atoms with E-state index in [0.29, 0.717) is 29.1 Å². The summed E-state index contributed by atoms with van der Waals surface area (Å²) in [6.45, 7) is 4.83. The molecule has 1 fully saturated rings. The zero-order valence-corrected chi connectivity index (χ0v) is 19.2.